The van der Waals surface area contributed by atoms with Gasteiger partial charge in [-0.05, 0) is 25.0 Å². The van der Waals surface area contributed by atoms with E-state index in [1.165, 1.54) is 0 Å². The summed E-state index contributed by atoms with van der Waals surface area (Å²) in [5.41, 5.74) is 0. The van der Waals surface area contributed by atoms with Gasteiger partial charge in [-0.3, -0.25) is 0 Å². The number of hydrogen-bond donors (Lipinski definition) is 0. The second-order valence-electron chi connectivity index (χ2n) is 4.15. The van der Waals surface area contributed by atoms with Gasteiger partial charge in [0.05, 0.1) is 13.2 Å². The van der Waals surface area contributed by atoms with E-state index in [9.17, 15) is 5.11 Å². The minimum absolute atomic E-state index is 0.0576. The molecule has 0 aliphatic heterocycles. The highest BCUT2D eigenvalue weighted by molar-refractivity contribution is 5.20. The van der Waals surface area contributed by atoms with Crippen molar-refractivity contribution in [3.8, 4) is 5.75 Å². The molecule has 0 N–H and O–H groups in total. The normalized spacial score (nSPS) is 10.6. The lowest BCUT2D eigenvalue weighted by molar-refractivity contribution is 0.0666. The van der Waals surface area contributed by atoms with Crippen molar-refractivity contribution in [2.75, 3.05) is 39.6 Å². The molecule has 1 aromatic carbocycles. The van der Waals surface area contributed by atoms with Crippen molar-refractivity contribution < 1.29 is 19.3 Å². The average Bonchev–Trinajstić information content (AvgIpc) is 2.46. The highest BCUT2D eigenvalue weighted by atomic mass is 16.5. The summed E-state index contributed by atoms with van der Waals surface area (Å²) in [6.07, 6.45) is 2.35. The monoisotopic (exact) mass is 267 g/mol. The topological polar surface area (TPSA) is 47.6 Å². The second-order valence-corrected chi connectivity index (χ2v) is 4.15. The fourth-order valence-corrected chi connectivity index (χ4v) is 1.50. The van der Waals surface area contributed by atoms with E-state index < -0.39 is 0 Å². The number of ether oxygens (including phenoxy) is 3. The standard InChI is InChI=1S/C15H23O4/c16-9-4-10-17-11-5-12-18-13-6-14-19-15-7-2-1-3-8-15/h1-3,7-8H,4-6,9-14H2. The predicted molar refractivity (Wildman–Crippen MR) is 73.0 cm³/mol. The van der Waals surface area contributed by atoms with Crippen LogP contribution >= 0.6 is 0 Å². The third-order valence-electron chi connectivity index (χ3n) is 2.46. The van der Waals surface area contributed by atoms with Crippen molar-refractivity contribution in [1.29, 1.82) is 0 Å². The molecule has 19 heavy (non-hydrogen) atoms. The fourth-order valence-electron chi connectivity index (χ4n) is 1.50. The zero-order valence-corrected chi connectivity index (χ0v) is 11.4. The van der Waals surface area contributed by atoms with Crippen LogP contribution in [0.1, 0.15) is 19.3 Å². The zero-order chi connectivity index (χ0) is 13.6. The SMILES string of the molecule is [O]CCCOCCCOCCCOc1ccccc1. The molecular formula is C15H23O4. The molecule has 0 unspecified atom stereocenters. The smallest absolute Gasteiger partial charge is 0.119 e. The first-order chi connectivity index (χ1) is 9.43. The van der Waals surface area contributed by atoms with Gasteiger partial charge in [0.2, 0.25) is 0 Å². The maximum Gasteiger partial charge on any atom is 0.119 e. The maximum atomic E-state index is 10.2. The third-order valence-corrected chi connectivity index (χ3v) is 2.46. The van der Waals surface area contributed by atoms with Crippen LogP contribution in [0.15, 0.2) is 30.3 Å². The first kappa shape index (κ1) is 16.0. The molecule has 0 aliphatic carbocycles. The molecule has 0 heterocycles. The van der Waals surface area contributed by atoms with Crippen molar-refractivity contribution >= 4 is 0 Å². The lowest BCUT2D eigenvalue weighted by atomic mass is 10.3. The van der Waals surface area contributed by atoms with Crippen LogP contribution in [-0.4, -0.2) is 39.6 Å². The molecule has 1 radical (unpaired) electrons. The molecular weight excluding hydrogens is 244 g/mol. The van der Waals surface area contributed by atoms with Crippen LogP contribution in [0.2, 0.25) is 0 Å². The van der Waals surface area contributed by atoms with Gasteiger partial charge in [0.1, 0.15) is 5.75 Å². The largest absolute Gasteiger partial charge is 0.494 e. The molecule has 4 nitrogen and oxygen atoms in total. The summed E-state index contributed by atoms with van der Waals surface area (Å²) in [4.78, 5) is 0. The van der Waals surface area contributed by atoms with E-state index in [0.29, 0.717) is 39.5 Å². The van der Waals surface area contributed by atoms with Crippen molar-refractivity contribution in [3.63, 3.8) is 0 Å². The Balaban J connectivity index is 1.79. The van der Waals surface area contributed by atoms with E-state index in [4.69, 9.17) is 14.2 Å². The van der Waals surface area contributed by atoms with Gasteiger partial charge >= 0.3 is 0 Å². The molecule has 0 aromatic heterocycles. The van der Waals surface area contributed by atoms with E-state index in [-0.39, 0.29) is 6.61 Å². The number of rotatable bonds is 12. The Hall–Kier alpha value is -1.10. The summed E-state index contributed by atoms with van der Waals surface area (Å²) in [6.45, 7) is 3.24. The van der Waals surface area contributed by atoms with Crippen molar-refractivity contribution in [3.05, 3.63) is 30.3 Å². The summed E-state index contributed by atoms with van der Waals surface area (Å²) in [5, 5.41) is 10.2. The summed E-state index contributed by atoms with van der Waals surface area (Å²) >= 11 is 0. The van der Waals surface area contributed by atoms with E-state index in [1.807, 2.05) is 30.3 Å². The Bertz CT molecular complexity index is 289. The van der Waals surface area contributed by atoms with Gasteiger partial charge in [0.25, 0.3) is 0 Å². The molecule has 0 spiro atoms. The Morgan fingerprint density at radius 1 is 0.737 bits per heavy atom. The Kier molecular flexibility index (Phi) is 10.0. The van der Waals surface area contributed by atoms with Crippen LogP contribution in [0, 0.1) is 0 Å². The van der Waals surface area contributed by atoms with Crippen molar-refractivity contribution in [2.45, 2.75) is 19.3 Å². The molecule has 0 saturated heterocycles. The fraction of sp³-hybridized carbons (Fsp3) is 0.600. The first-order valence-corrected chi connectivity index (χ1v) is 6.85. The molecule has 0 bridgehead atoms. The third kappa shape index (κ3) is 9.47. The molecule has 107 valence electrons. The van der Waals surface area contributed by atoms with Gasteiger partial charge in [-0.15, -0.1) is 0 Å². The van der Waals surface area contributed by atoms with Crippen LogP contribution in [0.5, 0.6) is 5.75 Å². The molecule has 0 saturated carbocycles. The van der Waals surface area contributed by atoms with Crippen LogP contribution in [0.4, 0.5) is 0 Å². The molecule has 0 fully saturated rings. The maximum absolute atomic E-state index is 10.2. The summed E-state index contributed by atoms with van der Waals surface area (Å²) < 4.78 is 16.3. The van der Waals surface area contributed by atoms with Crippen LogP contribution in [0.25, 0.3) is 0 Å². The lowest BCUT2D eigenvalue weighted by Crippen LogP contribution is -2.06. The molecule has 4 heteroatoms. The average molecular weight is 267 g/mol. The first-order valence-electron chi connectivity index (χ1n) is 6.85. The summed E-state index contributed by atoms with van der Waals surface area (Å²) in [7, 11) is 0. The molecule has 1 aromatic rings. The minimum atomic E-state index is -0.0576. The molecule has 0 atom stereocenters. The zero-order valence-electron chi connectivity index (χ0n) is 11.4. The second kappa shape index (κ2) is 12.0. The predicted octanol–water partition coefficient (Wildman–Crippen LogP) is 2.70. The van der Waals surface area contributed by atoms with Crippen LogP contribution < -0.4 is 4.74 Å². The summed E-state index contributed by atoms with van der Waals surface area (Å²) in [5.74, 6) is 0.897. The minimum Gasteiger partial charge on any atom is -0.494 e. The van der Waals surface area contributed by atoms with Crippen molar-refractivity contribution in [1.82, 2.24) is 0 Å². The number of para-hydroxylation sites is 1. The Morgan fingerprint density at radius 3 is 1.95 bits per heavy atom. The Morgan fingerprint density at radius 2 is 1.32 bits per heavy atom. The van der Waals surface area contributed by atoms with Crippen LogP contribution in [0.3, 0.4) is 0 Å². The molecule has 0 amide bonds. The van der Waals surface area contributed by atoms with Gasteiger partial charge in [-0.1, -0.05) is 18.2 Å². The van der Waals surface area contributed by atoms with E-state index >= 15 is 0 Å². The van der Waals surface area contributed by atoms with Gasteiger partial charge in [0, 0.05) is 32.8 Å². The molecule has 1 rings (SSSR count). The van der Waals surface area contributed by atoms with E-state index in [2.05, 4.69) is 0 Å². The Labute approximate surface area is 115 Å². The number of benzene rings is 1. The van der Waals surface area contributed by atoms with Gasteiger partial charge in [-0.25, -0.2) is 5.11 Å². The highest BCUT2D eigenvalue weighted by Gasteiger charge is 1.94. The molecule has 0 aliphatic rings. The van der Waals surface area contributed by atoms with Gasteiger partial charge in [0.15, 0.2) is 0 Å². The van der Waals surface area contributed by atoms with E-state index in [1.54, 1.807) is 0 Å². The lowest BCUT2D eigenvalue weighted by Gasteiger charge is -2.07. The quantitative estimate of drug-likeness (QED) is 0.547. The van der Waals surface area contributed by atoms with E-state index in [0.717, 1.165) is 18.6 Å². The van der Waals surface area contributed by atoms with Crippen LogP contribution in [-0.2, 0) is 14.6 Å². The van der Waals surface area contributed by atoms with Gasteiger partial charge in [-0.2, -0.15) is 0 Å². The summed E-state index contributed by atoms with van der Waals surface area (Å²) in [6, 6.07) is 9.77. The number of hydrogen-bond acceptors (Lipinski definition) is 3. The highest BCUT2D eigenvalue weighted by Crippen LogP contribution is 2.08. The van der Waals surface area contributed by atoms with Crippen molar-refractivity contribution in [2.24, 2.45) is 0 Å². The van der Waals surface area contributed by atoms with Gasteiger partial charge < -0.3 is 14.2 Å².